The van der Waals surface area contributed by atoms with E-state index in [-0.39, 0.29) is 0 Å². The summed E-state index contributed by atoms with van der Waals surface area (Å²) < 4.78 is 8.22. The number of carbonyl (C=O) groups is 2. The van der Waals surface area contributed by atoms with Crippen molar-refractivity contribution in [1.29, 1.82) is 0 Å². The van der Waals surface area contributed by atoms with Crippen molar-refractivity contribution in [2.45, 2.75) is 61.0 Å². The second kappa shape index (κ2) is 18.3. The summed E-state index contributed by atoms with van der Waals surface area (Å²) in [6, 6.07) is 0. The molecule has 0 aromatic rings. The molecule has 0 rings (SSSR count). The zero-order chi connectivity index (χ0) is 26.3. The van der Waals surface area contributed by atoms with Gasteiger partial charge >= 0.3 is 34.3 Å². The van der Waals surface area contributed by atoms with E-state index in [0.717, 1.165) is 18.9 Å². The summed E-state index contributed by atoms with van der Waals surface area (Å²) in [5, 5.41) is 123. The predicted octanol–water partition coefficient (Wildman–Crippen LogP) is -8.39. The Bertz CT molecular complexity index is 479. The van der Waals surface area contributed by atoms with E-state index in [1.807, 2.05) is 0 Å². The number of carboxylic acid groups (broad SMARTS) is 2. The number of hydrogen-bond donors (Lipinski definition) is 14. The monoisotopic (exact) mass is 565 g/mol. The Morgan fingerprint density at radius 3 is 0.875 bits per heavy atom. The van der Waals surface area contributed by atoms with Crippen LogP contribution >= 0.6 is 0 Å². The molecule has 0 aliphatic heterocycles. The molecule has 18 heteroatoms. The maximum absolute atomic E-state index is 10.2. The van der Waals surface area contributed by atoms with Crippen LogP contribution in [0.1, 0.15) is 0 Å². The number of rotatable bonds is 12. The molecule has 0 unspecified atom stereocenters. The summed E-state index contributed by atoms with van der Waals surface area (Å²) in [5.41, 5.74) is 0. The van der Waals surface area contributed by atoms with Gasteiger partial charge in [-0.2, -0.15) is 0 Å². The first-order valence-corrected chi connectivity index (χ1v) is 9.04. The van der Waals surface area contributed by atoms with E-state index < -0.39 is 86.2 Å². The number of carboxylic acids is 2. The van der Waals surface area contributed by atoms with Crippen LogP contribution in [0.4, 0.5) is 0 Å². The summed E-state index contributed by atoms with van der Waals surface area (Å²) in [6.45, 7) is -1.76. The summed E-state index contributed by atoms with van der Waals surface area (Å²) in [6.07, 6.45) is -20.5. The molecule has 0 aromatic carbocycles. The van der Waals surface area contributed by atoms with Crippen molar-refractivity contribution >= 4 is 11.9 Å². The Balaban J connectivity index is -0.000000487. The average Bonchev–Trinajstić information content (AvgIpc) is 2.80. The molecule has 0 aromatic heterocycles. The summed E-state index contributed by atoms with van der Waals surface area (Å²) >= 11 is 0.900. The second-order valence-electron chi connectivity index (χ2n) is 6.01. The van der Waals surface area contributed by atoms with Gasteiger partial charge in [0.25, 0.3) is 0 Å². The van der Waals surface area contributed by atoms with E-state index in [1.54, 1.807) is 0 Å². The van der Waals surface area contributed by atoms with Crippen LogP contribution in [0, 0.1) is 0 Å². The molecule has 14 N–H and O–H groups in total. The van der Waals surface area contributed by atoms with Gasteiger partial charge < -0.3 is 71.5 Å². The zero-order valence-corrected chi connectivity index (χ0v) is 17.9. The fourth-order valence-electron chi connectivity index (χ4n) is 1.74. The summed E-state index contributed by atoms with van der Waals surface area (Å²) in [7, 11) is 0. The van der Waals surface area contributed by atoms with Crippen LogP contribution in [-0.4, -0.2) is 158 Å². The molecule has 0 spiro atoms. The van der Waals surface area contributed by atoms with E-state index in [9.17, 15) is 9.59 Å². The SMILES string of the molecule is O=C(O)[C@H](O)[C@@H](O)[C@@H](O)[C@@H](O)[C@H](O)CO.O=C(O)[C@H](O)[C@@H](O)[C@@H](O)[C@@H](O)[C@H](O)CO.[O]=[Tc]. The van der Waals surface area contributed by atoms with Crippen molar-refractivity contribution in [3.8, 4) is 0 Å². The zero-order valence-electron chi connectivity index (χ0n) is 16.1. The molecule has 0 aliphatic rings. The second-order valence-corrected chi connectivity index (χ2v) is 6.01. The van der Waals surface area contributed by atoms with Crippen molar-refractivity contribution in [2.75, 3.05) is 13.2 Å². The van der Waals surface area contributed by atoms with Crippen LogP contribution in [0.15, 0.2) is 0 Å². The molecule has 0 bridgehead atoms. The first-order valence-electron chi connectivity index (χ1n) is 8.28. The van der Waals surface area contributed by atoms with Gasteiger partial charge in [0.15, 0.2) is 12.2 Å². The summed E-state index contributed by atoms with van der Waals surface area (Å²) in [5.74, 6) is -3.57. The van der Waals surface area contributed by atoms with Crippen LogP contribution in [0.25, 0.3) is 0 Å². The molecule has 0 fully saturated rings. The first kappa shape index (κ1) is 35.5. The third kappa shape index (κ3) is 12.2. The molecular weight excluding hydrogens is 538 g/mol. The molecule has 0 heterocycles. The minimum atomic E-state index is -2.29. The number of hydrogen-bond acceptors (Lipinski definition) is 15. The standard InChI is InChI=1S/2C7H14O8.O.Tc/c2*8-1-2(9)3(10)4(11)5(12)6(13)7(14)15;;/h2*2-6,8-13H,1H2,(H,14,15);;/t2*2-,3+,4+,5+,6-;;/m11../s1. The maximum atomic E-state index is 10.2. The summed E-state index contributed by atoms with van der Waals surface area (Å²) in [4.78, 5) is 20.4. The Hall–Kier alpha value is -1.09. The predicted molar refractivity (Wildman–Crippen MR) is 90.2 cm³/mol. The quantitative estimate of drug-likeness (QED) is 0.104. The van der Waals surface area contributed by atoms with Gasteiger partial charge in [0.2, 0.25) is 0 Å². The van der Waals surface area contributed by atoms with E-state index in [4.69, 9.17) is 75.0 Å². The minimum absolute atomic E-state index is 0.881. The van der Waals surface area contributed by atoms with Crippen LogP contribution in [0.5, 0.6) is 0 Å². The first-order chi connectivity index (χ1) is 14.6. The fourth-order valence-corrected chi connectivity index (χ4v) is 1.74. The Morgan fingerprint density at radius 1 is 0.500 bits per heavy atom. The average molecular weight is 566 g/mol. The molecular formula is C14H28O17Tc. The number of aliphatic hydroxyl groups excluding tert-OH is 12. The molecule has 0 saturated carbocycles. The molecule has 0 radical (unpaired) electrons. The molecule has 0 aliphatic carbocycles. The van der Waals surface area contributed by atoms with Gasteiger partial charge in [0.05, 0.1) is 13.2 Å². The van der Waals surface area contributed by atoms with Crippen LogP contribution in [0.2, 0.25) is 0 Å². The molecule has 193 valence electrons. The third-order valence-corrected chi connectivity index (χ3v) is 3.72. The Kier molecular flexibility index (Phi) is 20.4. The van der Waals surface area contributed by atoms with Gasteiger partial charge in [0.1, 0.15) is 48.8 Å². The van der Waals surface area contributed by atoms with Crippen LogP contribution in [0.3, 0.4) is 0 Å². The van der Waals surface area contributed by atoms with Crippen LogP contribution in [-0.2, 0) is 31.9 Å². The number of aliphatic carboxylic acids is 2. The molecule has 0 saturated heterocycles. The van der Waals surface area contributed by atoms with Gasteiger partial charge in [-0.15, -0.1) is 0 Å². The van der Waals surface area contributed by atoms with Crippen molar-refractivity contribution < 1.29 is 103 Å². The van der Waals surface area contributed by atoms with Crippen molar-refractivity contribution in [3.05, 3.63) is 0 Å². The fraction of sp³-hybridized carbons (Fsp3) is 0.857. The molecule has 10 atom stereocenters. The van der Waals surface area contributed by atoms with Crippen molar-refractivity contribution in [3.63, 3.8) is 0 Å². The van der Waals surface area contributed by atoms with E-state index in [0.29, 0.717) is 0 Å². The van der Waals surface area contributed by atoms with Gasteiger partial charge in [-0.3, -0.25) is 0 Å². The van der Waals surface area contributed by atoms with Gasteiger partial charge in [-0.1, -0.05) is 0 Å². The van der Waals surface area contributed by atoms with Crippen molar-refractivity contribution in [2.24, 2.45) is 0 Å². The topological polar surface area (TPSA) is 334 Å². The number of aliphatic hydroxyl groups is 12. The normalized spacial score (nSPS) is 20.2. The van der Waals surface area contributed by atoms with E-state index in [1.165, 1.54) is 0 Å². The van der Waals surface area contributed by atoms with Gasteiger partial charge in [-0.05, 0) is 0 Å². The Labute approximate surface area is 190 Å². The van der Waals surface area contributed by atoms with Gasteiger partial charge in [0, 0.05) is 0 Å². The van der Waals surface area contributed by atoms with E-state index >= 15 is 0 Å². The molecule has 32 heavy (non-hydrogen) atoms. The van der Waals surface area contributed by atoms with Crippen LogP contribution < -0.4 is 0 Å². The Morgan fingerprint density at radius 2 is 0.719 bits per heavy atom. The molecule has 0 amide bonds. The van der Waals surface area contributed by atoms with Gasteiger partial charge in [-0.25, -0.2) is 9.59 Å². The third-order valence-electron chi connectivity index (χ3n) is 3.72. The molecule has 17 nitrogen and oxygen atoms in total. The van der Waals surface area contributed by atoms with Crippen molar-refractivity contribution in [1.82, 2.24) is 0 Å². The van der Waals surface area contributed by atoms with E-state index in [2.05, 4.69) is 0 Å².